The fourth-order valence-electron chi connectivity index (χ4n) is 3.01. The maximum Gasteiger partial charge on any atom is 0.251 e. The van der Waals surface area contributed by atoms with Gasteiger partial charge in [0.05, 0.1) is 12.2 Å². The number of rotatable bonds is 3. The molecule has 110 valence electrons. The van der Waals surface area contributed by atoms with Crippen LogP contribution in [0.15, 0.2) is 24.4 Å². The Kier molecular flexibility index (Phi) is 3.53. The molecule has 2 aromatic rings. The van der Waals surface area contributed by atoms with Gasteiger partial charge in [-0.2, -0.15) is 5.10 Å². The number of hydrogen-bond acceptors (Lipinski definition) is 2. The normalized spacial score (nSPS) is 14.8. The third kappa shape index (κ3) is 2.58. The summed E-state index contributed by atoms with van der Waals surface area (Å²) in [5, 5.41) is 7.30. The van der Waals surface area contributed by atoms with Crippen molar-refractivity contribution in [2.24, 2.45) is 7.05 Å². The Morgan fingerprint density at radius 3 is 2.81 bits per heavy atom. The van der Waals surface area contributed by atoms with Crippen LogP contribution >= 0.6 is 0 Å². The molecular formula is C17H21N3O. The summed E-state index contributed by atoms with van der Waals surface area (Å²) in [7, 11) is 1.91. The second-order valence-electron chi connectivity index (χ2n) is 5.84. The van der Waals surface area contributed by atoms with Crippen LogP contribution in [0.2, 0.25) is 0 Å². The largest absolute Gasteiger partial charge is 0.345 e. The molecule has 1 atom stereocenters. The number of aryl methyl sites for hydroxylation is 3. The third-order valence-corrected chi connectivity index (χ3v) is 4.45. The predicted octanol–water partition coefficient (Wildman–Crippen LogP) is 2.71. The van der Waals surface area contributed by atoms with Gasteiger partial charge in [0.15, 0.2) is 0 Å². The van der Waals surface area contributed by atoms with Crippen LogP contribution in [0.25, 0.3) is 0 Å². The summed E-state index contributed by atoms with van der Waals surface area (Å²) in [6, 6.07) is 6.03. The molecule has 0 saturated heterocycles. The van der Waals surface area contributed by atoms with Crippen molar-refractivity contribution in [2.75, 3.05) is 0 Å². The van der Waals surface area contributed by atoms with Crippen LogP contribution in [0, 0.1) is 6.92 Å². The monoisotopic (exact) mass is 283 g/mol. The number of aromatic nitrogens is 2. The van der Waals surface area contributed by atoms with Crippen LogP contribution in [-0.2, 0) is 19.9 Å². The maximum absolute atomic E-state index is 12.4. The molecule has 21 heavy (non-hydrogen) atoms. The Hall–Kier alpha value is -2.10. The first-order chi connectivity index (χ1) is 10.1. The molecule has 1 aliphatic rings. The molecule has 0 bridgehead atoms. The van der Waals surface area contributed by atoms with Crippen LogP contribution in [0.3, 0.4) is 0 Å². The summed E-state index contributed by atoms with van der Waals surface area (Å²) in [5.41, 5.74) is 5.61. The minimum Gasteiger partial charge on any atom is -0.345 e. The summed E-state index contributed by atoms with van der Waals surface area (Å²) in [5.74, 6) is -0.0135. The summed E-state index contributed by atoms with van der Waals surface area (Å²) in [4.78, 5) is 12.4. The van der Waals surface area contributed by atoms with Crippen molar-refractivity contribution < 1.29 is 4.79 Å². The van der Waals surface area contributed by atoms with Crippen LogP contribution in [0.5, 0.6) is 0 Å². The van der Waals surface area contributed by atoms with E-state index in [-0.39, 0.29) is 11.9 Å². The molecule has 0 radical (unpaired) electrons. The molecule has 1 aromatic heterocycles. The number of hydrogen-bond donors (Lipinski definition) is 1. The second-order valence-corrected chi connectivity index (χ2v) is 5.84. The average Bonchev–Trinajstić information content (AvgIpc) is 3.05. The zero-order valence-corrected chi connectivity index (χ0v) is 12.8. The van der Waals surface area contributed by atoms with Crippen LogP contribution in [0.1, 0.15) is 52.1 Å². The standard InChI is InChI=1S/C17H21N3O/c1-11(16-10-18-20(3)12(16)2)19-17(21)15-8-7-13-5-4-6-14(13)9-15/h7-11H,4-6H2,1-3H3,(H,19,21)/t11-/m1/s1. The molecule has 0 aliphatic heterocycles. The topological polar surface area (TPSA) is 46.9 Å². The highest BCUT2D eigenvalue weighted by Crippen LogP contribution is 2.23. The van der Waals surface area contributed by atoms with E-state index in [1.807, 2.05) is 43.9 Å². The lowest BCUT2D eigenvalue weighted by atomic mass is 10.0. The van der Waals surface area contributed by atoms with E-state index in [1.165, 1.54) is 17.5 Å². The first-order valence-corrected chi connectivity index (χ1v) is 7.47. The number of nitrogens with one attached hydrogen (secondary N) is 1. The van der Waals surface area contributed by atoms with E-state index in [4.69, 9.17) is 0 Å². The van der Waals surface area contributed by atoms with Gasteiger partial charge in [0, 0.05) is 23.9 Å². The Balaban J connectivity index is 1.75. The van der Waals surface area contributed by atoms with Crippen molar-refractivity contribution in [2.45, 2.75) is 39.2 Å². The summed E-state index contributed by atoms with van der Waals surface area (Å²) >= 11 is 0. The molecule has 0 fully saturated rings. The van der Waals surface area contributed by atoms with Gasteiger partial charge in [-0.1, -0.05) is 6.07 Å². The molecule has 1 heterocycles. The number of nitrogens with zero attached hydrogens (tertiary/aromatic N) is 2. The van der Waals surface area contributed by atoms with Gasteiger partial charge in [-0.15, -0.1) is 0 Å². The lowest BCUT2D eigenvalue weighted by molar-refractivity contribution is 0.0939. The number of carbonyl (C=O) groups excluding carboxylic acids is 1. The van der Waals surface area contributed by atoms with Gasteiger partial charge in [0.25, 0.3) is 5.91 Å². The molecule has 0 spiro atoms. The van der Waals surface area contributed by atoms with E-state index in [1.54, 1.807) is 0 Å². The highest BCUT2D eigenvalue weighted by molar-refractivity contribution is 5.94. The second kappa shape index (κ2) is 5.35. The lowest BCUT2D eigenvalue weighted by Crippen LogP contribution is -2.27. The minimum atomic E-state index is -0.0422. The zero-order chi connectivity index (χ0) is 15.0. The molecule has 3 rings (SSSR count). The van der Waals surface area contributed by atoms with E-state index < -0.39 is 0 Å². The van der Waals surface area contributed by atoms with Gasteiger partial charge >= 0.3 is 0 Å². The van der Waals surface area contributed by atoms with E-state index in [0.717, 1.165) is 29.7 Å². The highest BCUT2D eigenvalue weighted by atomic mass is 16.1. The Morgan fingerprint density at radius 2 is 2.10 bits per heavy atom. The van der Waals surface area contributed by atoms with E-state index in [0.29, 0.717) is 0 Å². The molecular weight excluding hydrogens is 262 g/mol. The quantitative estimate of drug-likeness (QED) is 0.941. The molecule has 4 heteroatoms. The molecule has 4 nitrogen and oxygen atoms in total. The first kappa shape index (κ1) is 13.9. The SMILES string of the molecule is Cc1c([C@@H](C)NC(=O)c2ccc3c(c2)CCC3)cnn1C. The first-order valence-electron chi connectivity index (χ1n) is 7.47. The lowest BCUT2D eigenvalue weighted by Gasteiger charge is -2.14. The van der Waals surface area contributed by atoms with E-state index in [2.05, 4.69) is 16.5 Å². The molecule has 0 saturated carbocycles. The summed E-state index contributed by atoms with van der Waals surface area (Å²) in [6.45, 7) is 4.01. The van der Waals surface area contributed by atoms with Gasteiger partial charge < -0.3 is 5.32 Å². The smallest absolute Gasteiger partial charge is 0.251 e. The molecule has 1 aliphatic carbocycles. The number of benzene rings is 1. The third-order valence-electron chi connectivity index (χ3n) is 4.45. The van der Waals surface area contributed by atoms with Gasteiger partial charge in [0.2, 0.25) is 0 Å². The number of carbonyl (C=O) groups is 1. The number of amides is 1. The predicted molar refractivity (Wildman–Crippen MR) is 82.3 cm³/mol. The van der Waals surface area contributed by atoms with Crippen molar-refractivity contribution in [3.8, 4) is 0 Å². The summed E-state index contributed by atoms with van der Waals surface area (Å²) in [6.07, 6.45) is 5.25. The van der Waals surface area contributed by atoms with E-state index in [9.17, 15) is 4.79 Å². The Morgan fingerprint density at radius 1 is 1.33 bits per heavy atom. The van der Waals surface area contributed by atoms with Gasteiger partial charge in [-0.3, -0.25) is 9.48 Å². The molecule has 1 aromatic carbocycles. The van der Waals surface area contributed by atoms with Crippen LogP contribution < -0.4 is 5.32 Å². The Bertz CT molecular complexity index is 687. The number of fused-ring (bicyclic) bond motifs is 1. The van der Waals surface area contributed by atoms with Crippen molar-refractivity contribution >= 4 is 5.91 Å². The van der Waals surface area contributed by atoms with Crippen molar-refractivity contribution in [1.82, 2.24) is 15.1 Å². The van der Waals surface area contributed by atoms with Crippen molar-refractivity contribution in [3.05, 3.63) is 52.3 Å². The van der Waals surface area contributed by atoms with Gasteiger partial charge in [0.1, 0.15) is 0 Å². The minimum absolute atomic E-state index is 0.0135. The molecule has 1 amide bonds. The molecule has 0 unspecified atom stereocenters. The van der Waals surface area contributed by atoms with E-state index >= 15 is 0 Å². The zero-order valence-electron chi connectivity index (χ0n) is 12.8. The average molecular weight is 283 g/mol. The highest BCUT2D eigenvalue weighted by Gasteiger charge is 2.17. The van der Waals surface area contributed by atoms with Gasteiger partial charge in [-0.05, 0) is 56.4 Å². The summed E-state index contributed by atoms with van der Waals surface area (Å²) < 4.78 is 1.83. The maximum atomic E-state index is 12.4. The van der Waals surface area contributed by atoms with Crippen molar-refractivity contribution in [3.63, 3.8) is 0 Å². The fourth-order valence-corrected chi connectivity index (χ4v) is 3.01. The van der Waals surface area contributed by atoms with Crippen LogP contribution in [-0.4, -0.2) is 15.7 Å². The van der Waals surface area contributed by atoms with Crippen molar-refractivity contribution in [1.29, 1.82) is 0 Å². The molecule has 1 N–H and O–H groups in total. The fraction of sp³-hybridized carbons (Fsp3) is 0.412. The Labute approximate surface area is 125 Å². The van der Waals surface area contributed by atoms with Crippen LogP contribution in [0.4, 0.5) is 0 Å². The van der Waals surface area contributed by atoms with Gasteiger partial charge in [-0.25, -0.2) is 0 Å².